The molecule has 1 aromatic carbocycles. The van der Waals surface area contributed by atoms with E-state index in [1.54, 1.807) is 13.0 Å². The van der Waals surface area contributed by atoms with Crippen LogP contribution in [0.2, 0.25) is 0 Å². The van der Waals surface area contributed by atoms with Crippen LogP contribution < -0.4 is 0 Å². The quantitative estimate of drug-likeness (QED) is 0.379. The van der Waals surface area contributed by atoms with Gasteiger partial charge in [0.15, 0.2) is 9.84 Å². The van der Waals surface area contributed by atoms with Gasteiger partial charge in [-0.15, -0.1) is 0 Å². The van der Waals surface area contributed by atoms with E-state index in [2.05, 4.69) is 20.9 Å². The number of rotatable bonds is 10. The first-order valence-corrected chi connectivity index (χ1v) is 13.1. The van der Waals surface area contributed by atoms with Gasteiger partial charge in [-0.2, -0.15) is 0 Å². The first-order valence-electron chi connectivity index (χ1n) is 10.1. The van der Waals surface area contributed by atoms with E-state index < -0.39 is 15.6 Å². The number of sulfone groups is 1. The smallest absolute Gasteiger partial charge is 0.226 e. The van der Waals surface area contributed by atoms with E-state index in [1.165, 1.54) is 6.08 Å². The molecule has 0 atom stereocenters. The van der Waals surface area contributed by atoms with E-state index in [0.29, 0.717) is 43.0 Å². The van der Waals surface area contributed by atoms with E-state index in [1.807, 2.05) is 24.3 Å². The van der Waals surface area contributed by atoms with Crippen molar-refractivity contribution in [1.82, 2.24) is 4.98 Å². The Labute approximate surface area is 190 Å². The van der Waals surface area contributed by atoms with Crippen molar-refractivity contribution in [3.05, 3.63) is 64.8 Å². The summed E-state index contributed by atoms with van der Waals surface area (Å²) in [6, 6.07) is 7.62. The monoisotopic (exact) mass is 509 g/mol. The van der Waals surface area contributed by atoms with Crippen LogP contribution in [0.1, 0.15) is 49.1 Å². The highest BCUT2D eigenvalue weighted by Crippen LogP contribution is 2.25. The number of carbonyl (C=O) groups is 1. The van der Waals surface area contributed by atoms with Gasteiger partial charge in [0.1, 0.15) is 23.1 Å². The number of carbonyl (C=O) groups excluding carboxylic acids is 1. The zero-order valence-electron chi connectivity index (χ0n) is 17.4. The largest absolute Gasteiger partial charge is 0.441 e. The Bertz CT molecular complexity index is 1100. The normalized spacial score (nSPS) is 14.3. The zero-order chi connectivity index (χ0) is 22.4. The molecule has 0 unspecified atom stereocenters. The van der Waals surface area contributed by atoms with Crippen LogP contribution in [0.25, 0.3) is 11.5 Å². The summed E-state index contributed by atoms with van der Waals surface area (Å²) in [5.41, 5.74) is 3.29. The van der Waals surface area contributed by atoms with Gasteiger partial charge in [-0.1, -0.05) is 39.7 Å². The Morgan fingerprint density at radius 3 is 2.58 bits per heavy atom. The Morgan fingerprint density at radius 2 is 1.94 bits per heavy atom. The molecule has 0 fully saturated rings. The number of ketones is 1. The highest BCUT2D eigenvalue weighted by atomic mass is 79.9. The highest BCUT2D eigenvalue weighted by molar-refractivity contribution is 9.08. The summed E-state index contributed by atoms with van der Waals surface area (Å²) in [5.74, 6) is -0.496. The standard InChI is InChI=1S/C23H25BrFNO4S/c1-16-22(26-23(30-16)19-9-5-18(13-24)6-10-19)15-31(28,29)14-21(27)4-2-3-17-7-11-20(25)12-8-17/h5-7,9-11H,2-4,8,12-15H2,1H3. The van der Waals surface area contributed by atoms with E-state index in [9.17, 15) is 17.6 Å². The Hall–Kier alpha value is -2.06. The third kappa shape index (κ3) is 6.97. The predicted octanol–water partition coefficient (Wildman–Crippen LogP) is 5.77. The van der Waals surface area contributed by atoms with Crippen LogP contribution in [0, 0.1) is 6.92 Å². The summed E-state index contributed by atoms with van der Waals surface area (Å²) < 4.78 is 43.7. The number of benzene rings is 1. The van der Waals surface area contributed by atoms with Crippen molar-refractivity contribution in [1.29, 1.82) is 0 Å². The summed E-state index contributed by atoms with van der Waals surface area (Å²) in [6.45, 7) is 1.67. The zero-order valence-corrected chi connectivity index (χ0v) is 19.8. The molecule has 0 bridgehead atoms. The molecule has 0 amide bonds. The van der Waals surface area contributed by atoms with Gasteiger partial charge in [0.2, 0.25) is 5.89 Å². The molecule has 1 heterocycles. The molecule has 0 saturated carbocycles. The third-order valence-electron chi connectivity index (χ3n) is 5.12. The first kappa shape index (κ1) is 23.6. The lowest BCUT2D eigenvalue weighted by Crippen LogP contribution is -2.18. The molecule has 0 aliphatic heterocycles. The third-order valence-corrected chi connectivity index (χ3v) is 7.25. The number of Topliss-reactive ketones (excluding diaryl/α,β-unsaturated/α-hetero) is 1. The number of nitrogens with zero attached hydrogens (tertiary/aromatic N) is 1. The summed E-state index contributed by atoms with van der Waals surface area (Å²) in [7, 11) is -3.65. The molecule has 3 rings (SSSR count). The van der Waals surface area contributed by atoms with E-state index in [4.69, 9.17) is 4.42 Å². The van der Waals surface area contributed by atoms with Crippen LogP contribution in [-0.4, -0.2) is 24.9 Å². The van der Waals surface area contributed by atoms with Crippen LogP contribution in [0.4, 0.5) is 4.39 Å². The molecule has 8 heteroatoms. The topological polar surface area (TPSA) is 77.2 Å². The lowest BCUT2D eigenvalue weighted by Gasteiger charge is -2.09. The minimum atomic E-state index is -3.65. The van der Waals surface area contributed by atoms with Crippen molar-refractivity contribution in [3.8, 4) is 11.5 Å². The second kappa shape index (κ2) is 10.5. The maximum Gasteiger partial charge on any atom is 0.226 e. The fourth-order valence-corrected chi connectivity index (χ4v) is 5.17. The fraction of sp³-hybridized carbons (Fsp3) is 0.391. The molecule has 166 valence electrons. The highest BCUT2D eigenvalue weighted by Gasteiger charge is 2.22. The number of hydrogen-bond acceptors (Lipinski definition) is 5. The molecule has 0 radical (unpaired) electrons. The Kier molecular flexibility index (Phi) is 8.00. The molecular formula is C23H25BrFNO4S. The molecule has 1 aliphatic carbocycles. The lowest BCUT2D eigenvalue weighted by molar-refractivity contribution is -0.116. The van der Waals surface area contributed by atoms with Crippen LogP contribution in [0.5, 0.6) is 0 Å². The number of allylic oxidation sites excluding steroid dienone is 4. The Balaban J connectivity index is 1.55. The summed E-state index contributed by atoms with van der Waals surface area (Å²) in [6.07, 6.45) is 5.68. The van der Waals surface area contributed by atoms with Gasteiger partial charge in [0.05, 0.1) is 11.4 Å². The maximum atomic E-state index is 13.0. The van der Waals surface area contributed by atoms with Crippen molar-refractivity contribution < 1.29 is 22.0 Å². The molecule has 0 N–H and O–H groups in total. The number of alkyl halides is 1. The average Bonchev–Trinajstić information content (AvgIpc) is 3.08. The average molecular weight is 510 g/mol. The lowest BCUT2D eigenvalue weighted by atomic mass is 9.98. The molecule has 2 aromatic rings. The van der Waals surface area contributed by atoms with Crippen molar-refractivity contribution in [3.63, 3.8) is 0 Å². The summed E-state index contributed by atoms with van der Waals surface area (Å²) >= 11 is 3.39. The second-order valence-corrected chi connectivity index (χ2v) is 10.3. The Morgan fingerprint density at radius 1 is 1.19 bits per heavy atom. The van der Waals surface area contributed by atoms with Crippen molar-refractivity contribution in [2.24, 2.45) is 0 Å². The molecule has 5 nitrogen and oxygen atoms in total. The van der Waals surface area contributed by atoms with Gasteiger partial charge >= 0.3 is 0 Å². The van der Waals surface area contributed by atoms with Gasteiger partial charge in [-0.3, -0.25) is 4.79 Å². The van der Waals surface area contributed by atoms with Gasteiger partial charge in [0, 0.05) is 23.7 Å². The molecule has 1 aliphatic rings. The van der Waals surface area contributed by atoms with E-state index in [-0.39, 0.29) is 23.8 Å². The van der Waals surface area contributed by atoms with Gasteiger partial charge in [0.25, 0.3) is 0 Å². The van der Waals surface area contributed by atoms with E-state index in [0.717, 1.165) is 22.0 Å². The van der Waals surface area contributed by atoms with Crippen LogP contribution in [0.15, 0.2) is 52.2 Å². The number of oxazole rings is 1. The van der Waals surface area contributed by atoms with E-state index >= 15 is 0 Å². The SMILES string of the molecule is Cc1oc(-c2ccc(CBr)cc2)nc1CS(=O)(=O)CC(=O)CCCC1=CC=C(F)CC1. The molecular weight excluding hydrogens is 485 g/mol. The van der Waals surface area contributed by atoms with Crippen molar-refractivity contribution >= 4 is 31.6 Å². The number of hydrogen-bond donors (Lipinski definition) is 0. The second-order valence-electron chi connectivity index (χ2n) is 7.72. The minimum absolute atomic E-state index is 0.131. The molecule has 31 heavy (non-hydrogen) atoms. The minimum Gasteiger partial charge on any atom is -0.441 e. The van der Waals surface area contributed by atoms with Crippen LogP contribution in [0.3, 0.4) is 0 Å². The number of aryl methyl sites for hydroxylation is 1. The number of aromatic nitrogens is 1. The molecule has 1 aromatic heterocycles. The fourth-order valence-electron chi connectivity index (χ4n) is 3.37. The van der Waals surface area contributed by atoms with Crippen molar-refractivity contribution in [2.75, 3.05) is 5.75 Å². The van der Waals surface area contributed by atoms with Gasteiger partial charge < -0.3 is 4.42 Å². The first-order chi connectivity index (χ1) is 14.8. The summed E-state index contributed by atoms with van der Waals surface area (Å²) in [4.78, 5) is 16.5. The molecule has 0 saturated heterocycles. The maximum absolute atomic E-state index is 13.0. The number of halogens is 2. The van der Waals surface area contributed by atoms with Crippen LogP contribution >= 0.6 is 15.9 Å². The van der Waals surface area contributed by atoms with Crippen LogP contribution in [-0.2, 0) is 25.7 Å². The van der Waals surface area contributed by atoms with Gasteiger partial charge in [-0.05, 0) is 50.0 Å². The summed E-state index contributed by atoms with van der Waals surface area (Å²) in [5, 5.41) is 0.739. The van der Waals surface area contributed by atoms with Crippen molar-refractivity contribution in [2.45, 2.75) is 50.1 Å². The van der Waals surface area contributed by atoms with Gasteiger partial charge in [-0.25, -0.2) is 17.8 Å². The predicted molar refractivity (Wildman–Crippen MR) is 122 cm³/mol. The molecule has 0 spiro atoms.